The van der Waals surface area contributed by atoms with Crippen molar-refractivity contribution in [2.45, 2.75) is 0 Å². The fourth-order valence-corrected chi connectivity index (χ4v) is 1.95. The topological polar surface area (TPSA) is 84.9 Å². The highest BCUT2D eigenvalue weighted by atomic mass is 16.5. The van der Waals surface area contributed by atoms with E-state index < -0.39 is 18.5 Å². The third-order valence-electron chi connectivity index (χ3n) is 3.31. The van der Waals surface area contributed by atoms with Crippen molar-refractivity contribution in [2.75, 3.05) is 33.9 Å². The number of fused-ring (bicyclic) bond motifs is 1. The Morgan fingerprint density at radius 1 is 1.30 bits per heavy atom. The molecule has 23 heavy (non-hydrogen) atoms. The second-order valence-electron chi connectivity index (χ2n) is 5.00. The number of rotatable bonds is 5. The van der Waals surface area contributed by atoms with Crippen LogP contribution in [-0.2, 0) is 19.1 Å². The fraction of sp³-hybridized carbons (Fsp3) is 0.312. The maximum Gasteiger partial charge on any atom is 0.338 e. The Bertz CT molecular complexity index is 654. The number of benzene rings is 1. The minimum Gasteiger partial charge on any atom is -0.488 e. The first kappa shape index (κ1) is 16.5. The lowest BCUT2D eigenvalue weighted by molar-refractivity contribution is -0.149. The molecular formula is C16H18N2O5. The van der Waals surface area contributed by atoms with Gasteiger partial charge in [-0.15, -0.1) is 0 Å². The molecular weight excluding hydrogens is 300 g/mol. The summed E-state index contributed by atoms with van der Waals surface area (Å²) in [5.74, 6) is -0.668. The molecule has 7 nitrogen and oxygen atoms in total. The van der Waals surface area contributed by atoms with Crippen molar-refractivity contribution in [3.05, 3.63) is 35.4 Å². The van der Waals surface area contributed by atoms with E-state index in [0.29, 0.717) is 11.3 Å². The highest BCUT2D eigenvalue weighted by molar-refractivity contribution is 5.96. The quantitative estimate of drug-likeness (QED) is 0.785. The van der Waals surface area contributed by atoms with E-state index in [4.69, 9.17) is 9.47 Å². The summed E-state index contributed by atoms with van der Waals surface area (Å²) in [6, 6.07) is 7.32. The number of nitrogens with zero attached hydrogens (tertiary/aromatic N) is 1. The molecule has 1 aromatic rings. The Morgan fingerprint density at radius 3 is 2.78 bits per heavy atom. The van der Waals surface area contributed by atoms with Crippen LogP contribution in [0.5, 0.6) is 5.75 Å². The number of ether oxygens (including phenoxy) is 2. The molecule has 0 bridgehead atoms. The van der Waals surface area contributed by atoms with Crippen LogP contribution in [0.25, 0.3) is 6.08 Å². The minimum atomic E-state index is -0.610. The van der Waals surface area contributed by atoms with Gasteiger partial charge in [-0.05, 0) is 12.1 Å². The number of hydrogen-bond donors (Lipinski definition) is 1. The average molecular weight is 318 g/mol. The van der Waals surface area contributed by atoms with Gasteiger partial charge in [-0.1, -0.05) is 18.2 Å². The smallest absolute Gasteiger partial charge is 0.338 e. The Labute approximate surface area is 133 Å². The number of amides is 2. The predicted octanol–water partition coefficient (Wildman–Crippen LogP) is 0.210. The Kier molecular flexibility index (Phi) is 5.35. The van der Waals surface area contributed by atoms with Crippen LogP contribution >= 0.6 is 0 Å². The van der Waals surface area contributed by atoms with E-state index in [9.17, 15) is 14.4 Å². The highest BCUT2D eigenvalue weighted by Gasteiger charge is 2.20. The van der Waals surface area contributed by atoms with Crippen LogP contribution < -0.4 is 10.1 Å². The fourth-order valence-electron chi connectivity index (χ4n) is 1.95. The van der Waals surface area contributed by atoms with Crippen molar-refractivity contribution in [3.63, 3.8) is 0 Å². The van der Waals surface area contributed by atoms with Crippen LogP contribution in [0.1, 0.15) is 5.56 Å². The summed E-state index contributed by atoms with van der Waals surface area (Å²) in [5.41, 5.74) is 1.12. The van der Waals surface area contributed by atoms with Crippen molar-refractivity contribution in [2.24, 2.45) is 0 Å². The van der Waals surface area contributed by atoms with E-state index in [-0.39, 0.29) is 19.1 Å². The molecule has 122 valence electrons. The third-order valence-corrected chi connectivity index (χ3v) is 3.31. The summed E-state index contributed by atoms with van der Waals surface area (Å²) in [5, 5.41) is 2.41. The lowest BCUT2D eigenvalue weighted by atomic mass is 10.1. The second kappa shape index (κ2) is 7.44. The average Bonchev–Trinajstić information content (AvgIpc) is 2.58. The molecule has 0 saturated heterocycles. The number of carbonyl (C=O) groups excluding carboxylic acids is 3. The van der Waals surface area contributed by atoms with Gasteiger partial charge in [-0.2, -0.15) is 0 Å². The molecule has 1 N–H and O–H groups in total. The van der Waals surface area contributed by atoms with Gasteiger partial charge in [0, 0.05) is 19.7 Å². The summed E-state index contributed by atoms with van der Waals surface area (Å²) in [6.07, 6.45) is 1.68. The highest BCUT2D eigenvalue weighted by Crippen LogP contribution is 2.25. The van der Waals surface area contributed by atoms with Gasteiger partial charge in [0.2, 0.25) is 5.91 Å². The Morgan fingerprint density at radius 2 is 2.04 bits per heavy atom. The van der Waals surface area contributed by atoms with Gasteiger partial charge in [0.25, 0.3) is 5.91 Å². The first-order chi connectivity index (χ1) is 11.0. The van der Waals surface area contributed by atoms with Gasteiger partial charge < -0.3 is 19.7 Å². The van der Waals surface area contributed by atoms with E-state index in [2.05, 4.69) is 5.32 Å². The van der Waals surface area contributed by atoms with Gasteiger partial charge in [0.15, 0.2) is 6.61 Å². The first-order valence-corrected chi connectivity index (χ1v) is 7.05. The molecule has 1 aliphatic rings. The maximum absolute atomic E-state index is 12.0. The number of likely N-dealkylation sites (N-methyl/N-ethyl adjacent to an activating group) is 2. The SMILES string of the molecule is CNC(=O)CN(C)C(=O)COC(=O)C1=Cc2ccccc2OC1. The molecule has 0 spiro atoms. The van der Waals surface area contributed by atoms with E-state index in [1.807, 2.05) is 24.3 Å². The second-order valence-corrected chi connectivity index (χ2v) is 5.00. The van der Waals surface area contributed by atoms with Crippen LogP contribution in [0.3, 0.4) is 0 Å². The monoisotopic (exact) mass is 318 g/mol. The van der Waals surface area contributed by atoms with E-state index in [1.165, 1.54) is 19.0 Å². The number of para-hydroxylation sites is 1. The number of esters is 1. The molecule has 1 aromatic carbocycles. The predicted molar refractivity (Wildman–Crippen MR) is 82.6 cm³/mol. The summed E-state index contributed by atoms with van der Waals surface area (Å²) >= 11 is 0. The minimum absolute atomic E-state index is 0.0912. The van der Waals surface area contributed by atoms with Gasteiger partial charge in [-0.3, -0.25) is 9.59 Å². The van der Waals surface area contributed by atoms with Crippen LogP contribution in [0.15, 0.2) is 29.8 Å². The molecule has 0 aromatic heterocycles. The van der Waals surface area contributed by atoms with Crippen LogP contribution in [0.4, 0.5) is 0 Å². The molecule has 0 atom stereocenters. The van der Waals surface area contributed by atoms with Crippen molar-refractivity contribution in [1.82, 2.24) is 10.2 Å². The zero-order chi connectivity index (χ0) is 16.8. The van der Waals surface area contributed by atoms with Crippen LogP contribution in [-0.4, -0.2) is 56.5 Å². The Balaban J connectivity index is 1.89. The van der Waals surface area contributed by atoms with Crippen LogP contribution in [0.2, 0.25) is 0 Å². The summed E-state index contributed by atoms with van der Waals surface area (Å²) in [4.78, 5) is 36.2. The molecule has 0 fully saturated rings. The van der Waals surface area contributed by atoms with E-state index in [0.717, 1.165) is 5.56 Å². The van der Waals surface area contributed by atoms with Crippen molar-refractivity contribution < 1.29 is 23.9 Å². The molecule has 1 aliphatic heterocycles. The summed E-state index contributed by atoms with van der Waals surface area (Å²) in [6.45, 7) is -0.421. The lowest BCUT2D eigenvalue weighted by Crippen LogP contribution is -2.39. The first-order valence-electron chi connectivity index (χ1n) is 7.05. The molecule has 0 radical (unpaired) electrons. The molecule has 1 heterocycles. The molecule has 2 rings (SSSR count). The van der Waals surface area contributed by atoms with E-state index in [1.54, 1.807) is 6.08 Å². The van der Waals surface area contributed by atoms with Crippen LogP contribution in [0, 0.1) is 0 Å². The molecule has 0 unspecified atom stereocenters. The largest absolute Gasteiger partial charge is 0.488 e. The lowest BCUT2D eigenvalue weighted by Gasteiger charge is -2.18. The standard InChI is InChI=1S/C16H18N2O5/c1-17-14(19)8-18(2)15(20)10-23-16(21)12-7-11-5-3-4-6-13(11)22-9-12/h3-7H,8-10H2,1-2H3,(H,17,19). The normalized spacial score (nSPS) is 12.3. The molecule has 0 saturated carbocycles. The summed E-state index contributed by atoms with van der Waals surface area (Å²) < 4.78 is 10.4. The zero-order valence-electron chi connectivity index (χ0n) is 13.0. The number of carbonyl (C=O) groups is 3. The van der Waals surface area contributed by atoms with Crippen molar-refractivity contribution in [3.8, 4) is 5.75 Å². The third kappa shape index (κ3) is 4.32. The van der Waals surface area contributed by atoms with Gasteiger partial charge in [0.1, 0.15) is 12.4 Å². The van der Waals surface area contributed by atoms with E-state index >= 15 is 0 Å². The maximum atomic E-state index is 12.0. The summed E-state index contributed by atoms with van der Waals surface area (Å²) in [7, 11) is 2.94. The molecule has 0 aliphatic carbocycles. The van der Waals surface area contributed by atoms with Gasteiger partial charge in [-0.25, -0.2) is 4.79 Å². The molecule has 7 heteroatoms. The molecule has 2 amide bonds. The number of hydrogen-bond acceptors (Lipinski definition) is 5. The zero-order valence-corrected chi connectivity index (χ0v) is 13.0. The van der Waals surface area contributed by atoms with Crippen molar-refractivity contribution >= 4 is 23.9 Å². The Hall–Kier alpha value is -2.83. The van der Waals surface area contributed by atoms with Gasteiger partial charge in [0.05, 0.1) is 12.1 Å². The number of nitrogens with one attached hydrogen (secondary N) is 1. The van der Waals surface area contributed by atoms with Gasteiger partial charge >= 0.3 is 5.97 Å². The van der Waals surface area contributed by atoms with Crippen molar-refractivity contribution in [1.29, 1.82) is 0 Å².